The average molecular weight is 489 g/mol. The first-order valence-electron chi connectivity index (χ1n) is 10.0. The molecule has 2 aromatic rings. The molecule has 0 unspecified atom stereocenters. The van der Waals surface area contributed by atoms with Gasteiger partial charge in [-0.3, -0.25) is 4.79 Å². The molecule has 0 amide bonds. The monoisotopic (exact) mass is 489 g/mol. The number of hydrogen-bond acceptors (Lipinski definition) is 5. The van der Waals surface area contributed by atoms with Crippen LogP contribution in [-0.4, -0.2) is 59.6 Å². The molecule has 1 aliphatic heterocycles. The van der Waals surface area contributed by atoms with Crippen LogP contribution in [0.3, 0.4) is 0 Å². The standard InChI is InChI=1S/C19H19F2N3O3.C2HF3O2/c1-22-6-15(21)10-7-23(8-10)17-5-16-12(4-14(17)20)18(25)13(19(26)27)9-24(16)11-2-3-11;3-2(4,5)1(6)7/h4-5,9,11,22H,2-3,6-8H2,1H3,(H,26,27);(H,6,7). The molecule has 0 bridgehead atoms. The number of hydrogen-bond donors (Lipinski definition) is 3. The Balaban J connectivity index is 0.000000406. The quantitative estimate of drug-likeness (QED) is 0.554. The zero-order valence-electron chi connectivity index (χ0n) is 17.7. The lowest BCUT2D eigenvalue weighted by molar-refractivity contribution is -0.192. The molecule has 1 aromatic carbocycles. The molecule has 1 aliphatic carbocycles. The van der Waals surface area contributed by atoms with Crippen LogP contribution in [0.1, 0.15) is 29.2 Å². The van der Waals surface area contributed by atoms with Gasteiger partial charge in [0.05, 0.1) is 11.2 Å². The highest BCUT2D eigenvalue weighted by Crippen LogP contribution is 2.39. The van der Waals surface area contributed by atoms with Gasteiger partial charge in [-0.2, -0.15) is 13.2 Å². The van der Waals surface area contributed by atoms with Crippen LogP contribution in [0.15, 0.2) is 34.5 Å². The molecule has 1 saturated heterocycles. The molecule has 3 N–H and O–H groups in total. The van der Waals surface area contributed by atoms with Crippen LogP contribution in [0.2, 0.25) is 0 Å². The lowest BCUT2D eigenvalue weighted by Gasteiger charge is -2.37. The van der Waals surface area contributed by atoms with Crippen molar-refractivity contribution < 1.29 is 41.8 Å². The van der Waals surface area contributed by atoms with Crippen molar-refractivity contribution in [1.82, 2.24) is 9.88 Å². The number of nitrogens with zero attached hydrogens (tertiary/aromatic N) is 2. The molecular formula is C21H20F5N3O5. The fraction of sp³-hybridized carbons (Fsp3) is 0.381. The van der Waals surface area contributed by atoms with Crippen molar-refractivity contribution >= 4 is 28.5 Å². The van der Waals surface area contributed by atoms with Crippen LogP contribution in [0, 0.1) is 5.82 Å². The normalized spacial score (nSPS) is 15.5. The predicted molar refractivity (Wildman–Crippen MR) is 111 cm³/mol. The van der Waals surface area contributed by atoms with Crippen LogP contribution < -0.4 is 15.6 Å². The molecule has 184 valence electrons. The summed E-state index contributed by atoms with van der Waals surface area (Å²) >= 11 is 0. The van der Waals surface area contributed by atoms with E-state index in [9.17, 15) is 36.6 Å². The Morgan fingerprint density at radius 3 is 2.24 bits per heavy atom. The summed E-state index contributed by atoms with van der Waals surface area (Å²) in [5.74, 6) is -4.93. The second kappa shape index (κ2) is 9.41. The Morgan fingerprint density at radius 1 is 1.18 bits per heavy atom. The van der Waals surface area contributed by atoms with Crippen molar-refractivity contribution in [3.05, 3.63) is 51.3 Å². The minimum absolute atomic E-state index is 0.0562. The van der Waals surface area contributed by atoms with Crippen molar-refractivity contribution in [3.63, 3.8) is 0 Å². The molecule has 0 spiro atoms. The van der Waals surface area contributed by atoms with E-state index in [4.69, 9.17) is 9.90 Å². The fourth-order valence-corrected chi connectivity index (χ4v) is 3.44. The van der Waals surface area contributed by atoms with E-state index in [0.717, 1.165) is 18.9 Å². The largest absolute Gasteiger partial charge is 0.490 e. The van der Waals surface area contributed by atoms with E-state index < -0.39 is 29.4 Å². The van der Waals surface area contributed by atoms with Crippen molar-refractivity contribution in [2.24, 2.45) is 0 Å². The number of halogens is 5. The van der Waals surface area contributed by atoms with Crippen molar-refractivity contribution in [1.29, 1.82) is 0 Å². The first-order valence-corrected chi connectivity index (χ1v) is 10.0. The number of aliphatic carboxylic acids is 1. The first-order chi connectivity index (χ1) is 15.8. The number of carboxylic acids is 2. The van der Waals surface area contributed by atoms with Crippen LogP contribution in [-0.2, 0) is 4.79 Å². The third-order valence-corrected chi connectivity index (χ3v) is 5.33. The highest BCUT2D eigenvalue weighted by Gasteiger charge is 2.38. The Bertz CT molecular complexity index is 1230. The Morgan fingerprint density at radius 2 is 1.76 bits per heavy atom. The molecule has 0 radical (unpaired) electrons. The second-order valence-corrected chi connectivity index (χ2v) is 7.83. The van der Waals surface area contributed by atoms with E-state index in [1.54, 1.807) is 22.6 Å². The lowest BCUT2D eigenvalue weighted by Crippen LogP contribution is -2.42. The summed E-state index contributed by atoms with van der Waals surface area (Å²) in [6, 6.07) is 2.79. The van der Waals surface area contributed by atoms with Gasteiger partial charge in [0.15, 0.2) is 0 Å². The van der Waals surface area contributed by atoms with Gasteiger partial charge >= 0.3 is 18.1 Å². The molecule has 2 fully saturated rings. The number of aromatic nitrogens is 1. The molecule has 34 heavy (non-hydrogen) atoms. The number of alkyl halides is 3. The topological polar surface area (TPSA) is 112 Å². The van der Waals surface area contributed by atoms with Crippen LogP contribution in [0.5, 0.6) is 0 Å². The van der Waals surface area contributed by atoms with Crippen molar-refractivity contribution in [3.8, 4) is 0 Å². The maximum atomic E-state index is 14.7. The molecule has 4 rings (SSSR count). The average Bonchev–Trinajstić information content (AvgIpc) is 3.53. The molecule has 1 saturated carbocycles. The van der Waals surface area contributed by atoms with Crippen molar-refractivity contribution in [2.45, 2.75) is 25.1 Å². The molecule has 1 aromatic heterocycles. The number of aromatic carboxylic acids is 1. The second-order valence-electron chi connectivity index (χ2n) is 7.83. The van der Waals surface area contributed by atoms with E-state index in [0.29, 0.717) is 16.8 Å². The van der Waals surface area contributed by atoms with Crippen LogP contribution in [0.25, 0.3) is 10.9 Å². The van der Waals surface area contributed by atoms with Crippen LogP contribution >= 0.6 is 0 Å². The number of carbonyl (C=O) groups is 2. The maximum Gasteiger partial charge on any atom is 0.490 e. The number of nitrogens with one attached hydrogen (secondary N) is 1. The van der Waals surface area contributed by atoms with E-state index in [1.807, 2.05) is 0 Å². The van der Waals surface area contributed by atoms with E-state index >= 15 is 0 Å². The summed E-state index contributed by atoms with van der Waals surface area (Å²) in [6.45, 7) is 0.718. The number of likely N-dealkylation sites (N-methyl/N-ethyl adjacent to an activating group) is 1. The summed E-state index contributed by atoms with van der Waals surface area (Å²) in [5, 5.41) is 19.2. The van der Waals surface area contributed by atoms with Gasteiger partial charge in [-0.05, 0) is 32.0 Å². The highest BCUT2D eigenvalue weighted by molar-refractivity contribution is 5.93. The Hall–Kier alpha value is -3.48. The van der Waals surface area contributed by atoms with Gasteiger partial charge in [-0.1, -0.05) is 0 Å². The first kappa shape index (κ1) is 25.1. The number of pyridine rings is 1. The van der Waals surface area contributed by atoms with Gasteiger partial charge in [0.25, 0.3) is 0 Å². The number of fused-ring (bicyclic) bond motifs is 1. The maximum absolute atomic E-state index is 14.7. The van der Waals surface area contributed by atoms with E-state index in [-0.39, 0.29) is 42.5 Å². The minimum Gasteiger partial charge on any atom is -0.477 e. The molecule has 13 heteroatoms. The zero-order chi connectivity index (χ0) is 25.4. The molecule has 0 atom stereocenters. The summed E-state index contributed by atoms with van der Waals surface area (Å²) < 4.78 is 62.0. The molecule has 2 heterocycles. The number of benzene rings is 1. The van der Waals surface area contributed by atoms with Gasteiger partial charge in [-0.25, -0.2) is 18.4 Å². The van der Waals surface area contributed by atoms with Gasteiger partial charge in [0, 0.05) is 42.8 Å². The molecule has 2 aliphatic rings. The van der Waals surface area contributed by atoms with Crippen molar-refractivity contribution in [2.75, 3.05) is 31.6 Å². The zero-order valence-corrected chi connectivity index (χ0v) is 17.7. The number of anilines is 1. The van der Waals surface area contributed by atoms with Gasteiger partial charge in [0.1, 0.15) is 17.2 Å². The third-order valence-electron chi connectivity index (χ3n) is 5.33. The third kappa shape index (κ3) is 5.19. The van der Waals surface area contributed by atoms with Gasteiger partial charge in [-0.15, -0.1) is 0 Å². The molecule has 8 nitrogen and oxygen atoms in total. The fourth-order valence-electron chi connectivity index (χ4n) is 3.44. The van der Waals surface area contributed by atoms with Gasteiger partial charge < -0.3 is 25.0 Å². The summed E-state index contributed by atoms with van der Waals surface area (Å²) in [4.78, 5) is 34.4. The molecular weight excluding hydrogens is 469 g/mol. The van der Waals surface area contributed by atoms with Crippen LogP contribution in [0.4, 0.5) is 27.6 Å². The van der Waals surface area contributed by atoms with E-state index in [1.165, 1.54) is 6.20 Å². The Labute approximate surface area is 188 Å². The highest BCUT2D eigenvalue weighted by atomic mass is 19.4. The lowest BCUT2D eigenvalue weighted by atomic mass is 10.0. The summed E-state index contributed by atoms with van der Waals surface area (Å²) in [7, 11) is 1.65. The SMILES string of the molecule is CNCC(F)=C1CN(c2cc3c(cc2F)c(=O)c(C(=O)O)cn3C2CC2)C1.O=C(O)C(F)(F)F. The minimum atomic E-state index is -5.08. The summed E-state index contributed by atoms with van der Waals surface area (Å²) in [5.41, 5.74) is 0.371. The van der Waals surface area contributed by atoms with Gasteiger partial charge in [0.2, 0.25) is 5.43 Å². The number of rotatable bonds is 5. The Kier molecular flexibility index (Phi) is 6.96. The smallest absolute Gasteiger partial charge is 0.477 e. The predicted octanol–water partition coefficient (Wildman–Crippen LogP) is 3.07. The number of carboxylic acid groups (broad SMARTS) is 2. The van der Waals surface area contributed by atoms with E-state index in [2.05, 4.69) is 5.32 Å². The summed E-state index contributed by atoms with van der Waals surface area (Å²) in [6.07, 6.45) is -1.97.